The second-order valence-corrected chi connectivity index (χ2v) is 4.78. The molecule has 0 radical (unpaired) electrons. The topological polar surface area (TPSA) is 65.2 Å². The molecule has 6 heteroatoms. The smallest absolute Gasteiger partial charge is 0.257 e. The minimum Gasteiger partial charge on any atom is -0.336 e. The monoisotopic (exact) mass is 261 g/mol. The summed E-state index contributed by atoms with van der Waals surface area (Å²) in [7, 11) is 1.80. The van der Waals surface area contributed by atoms with Gasteiger partial charge in [-0.2, -0.15) is 10.4 Å². The van der Waals surface area contributed by atoms with E-state index in [1.807, 2.05) is 11.8 Å². The van der Waals surface area contributed by atoms with E-state index in [1.54, 1.807) is 24.1 Å². The third-order valence-electron chi connectivity index (χ3n) is 3.53. The summed E-state index contributed by atoms with van der Waals surface area (Å²) in [5, 5.41) is 13.1. The highest BCUT2D eigenvalue weighted by atomic mass is 16.2. The molecule has 102 valence electrons. The second kappa shape index (κ2) is 5.85. The Morgan fingerprint density at radius 1 is 1.47 bits per heavy atom. The van der Waals surface area contributed by atoms with Crippen molar-refractivity contribution in [2.75, 3.05) is 26.2 Å². The minimum absolute atomic E-state index is 0.0257. The van der Waals surface area contributed by atoms with Crippen LogP contribution < -0.4 is 0 Å². The molecular weight excluding hydrogens is 242 g/mol. The molecule has 1 saturated heterocycles. The van der Waals surface area contributed by atoms with E-state index in [-0.39, 0.29) is 11.9 Å². The molecule has 1 amide bonds. The molecule has 6 nitrogen and oxygen atoms in total. The Kier molecular flexibility index (Phi) is 4.17. The van der Waals surface area contributed by atoms with Crippen molar-refractivity contribution in [3.05, 3.63) is 18.0 Å². The van der Waals surface area contributed by atoms with E-state index in [0.29, 0.717) is 18.7 Å². The molecule has 1 atom stereocenters. The van der Waals surface area contributed by atoms with Crippen LogP contribution in [0, 0.1) is 11.3 Å². The van der Waals surface area contributed by atoms with Gasteiger partial charge in [0.25, 0.3) is 5.91 Å². The summed E-state index contributed by atoms with van der Waals surface area (Å²) in [6, 6.07) is 2.28. The first-order valence-electron chi connectivity index (χ1n) is 6.57. The van der Waals surface area contributed by atoms with Crippen molar-refractivity contribution in [1.82, 2.24) is 19.6 Å². The molecule has 0 aliphatic carbocycles. The first-order valence-corrected chi connectivity index (χ1v) is 6.57. The number of aryl methyl sites for hydroxylation is 1. The molecular formula is C13H19N5O. The molecule has 1 aliphatic heterocycles. The van der Waals surface area contributed by atoms with E-state index in [9.17, 15) is 4.79 Å². The zero-order chi connectivity index (χ0) is 13.8. The summed E-state index contributed by atoms with van der Waals surface area (Å²) in [5.41, 5.74) is 0.628. The van der Waals surface area contributed by atoms with Gasteiger partial charge in [-0.1, -0.05) is 6.92 Å². The highest BCUT2D eigenvalue weighted by molar-refractivity contribution is 5.93. The van der Waals surface area contributed by atoms with Gasteiger partial charge in [0.1, 0.15) is 0 Å². The van der Waals surface area contributed by atoms with Gasteiger partial charge in [0, 0.05) is 39.4 Å². The molecule has 1 aromatic heterocycles. The molecule has 0 saturated carbocycles. The number of rotatable bonds is 3. The number of carbonyl (C=O) groups excluding carboxylic acids is 1. The van der Waals surface area contributed by atoms with Gasteiger partial charge in [0.2, 0.25) is 0 Å². The van der Waals surface area contributed by atoms with Crippen LogP contribution >= 0.6 is 0 Å². The molecule has 1 unspecified atom stereocenters. The molecule has 1 aliphatic rings. The van der Waals surface area contributed by atoms with Gasteiger partial charge < -0.3 is 4.90 Å². The third kappa shape index (κ3) is 2.93. The Morgan fingerprint density at radius 3 is 2.63 bits per heavy atom. The van der Waals surface area contributed by atoms with Crippen molar-refractivity contribution >= 4 is 5.91 Å². The zero-order valence-electron chi connectivity index (χ0n) is 11.4. The van der Waals surface area contributed by atoms with Crippen molar-refractivity contribution in [3.63, 3.8) is 0 Å². The zero-order valence-corrected chi connectivity index (χ0v) is 11.4. The lowest BCUT2D eigenvalue weighted by Crippen LogP contribution is -2.51. The molecule has 0 spiro atoms. The van der Waals surface area contributed by atoms with E-state index < -0.39 is 0 Å². The van der Waals surface area contributed by atoms with Gasteiger partial charge in [0.15, 0.2) is 0 Å². The lowest BCUT2D eigenvalue weighted by Gasteiger charge is -2.36. The summed E-state index contributed by atoms with van der Waals surface area (Å²) in [6.07, 6.45) is 4.16. The molecule has 0 aromatic carbocycles. The first kappa shape index (κ1) is 13.6. The Morgan fingerprint density at radius 2 is 2.16 bits per heavy atom. The minimum atomic E-state index is -0.0318. The molecule has 0 bridgehead atoms. The number of nitriles is 1. The maximum atomic E-state index is 12.2. The molecule has 2 rings (SSSR count). The van der Waals surface area contributed by atoms with Crippen molar-refractivity contribution in [1.29, 1.82) is 5.26 Å². The number of piperazine rings is 1. The maximum absolute atomic E-state index is 12.2. The van der Waals surface area contributed by atoms with Crippen LogP contribution in [0.15, 0.2) is 12.4 Å². The van der Waals surface area contributed by atoms with Gasteiger partial charge in [-0.15, -0.1) is 0 Å². The lowest BCUT2D eigenvalue weighted by atomic mass is 10.1. The number of amides is 1. The van der Waals surface area contributed by atoms with Crippen LogP contribution in [0.25, 0.3) is 0 Å². The van der Waals surface area contributed by atoms with Crippen LogP contribution in [0.4, 0.5) is 0 Å². The summed E-state index contributed by atoms with van der Waals surface area (Å²) in [6.45, 7) is 4.88. The van der Waals surface area contributed by atoms with Crippen molar-refractivity contribution in [3.8, 4) is 6.07 Å². The van der Waals surface area contributed by atoms with E-state index in [0.717, 1.165) is 19.5 Å². The number of hydrogen-bond acceptors (Lipinski definition) is 4. The van der Waals surface area contributed by atoms with Gasteiger partial charge in [-0.3, -0.25) is 14.4 Å². The van der Waals surface area contributed by atoms with Crippen LogP contribution in [0.5, 0.6) is 0 Å². The van der Waals surface area contributed by atoms with Crippen LogP contribution in [0.2, 0.25) is 0 Å². The average Bonchev–Trinajstić information content (AvgIpc) is 2.87. The van der Waals surface area contributed by atoms with E-state index in [4.69, 9.17) is 5.26 Å². The maximum Gasteiger partial charge on any atom is 0.257 e. The van der Waals surface area contributed by atoms with E-state index in [2.05, 4.69) is 16.1 Å². The summed E-state index contributed by atoms with van der Waals surface area (Å²) in [5.74, 6) is 0.0257. The summed E-state index contributed by atoms with van der Waals surface area (Å²) < 4.78 is 1.63. The van der Waals surface area contributed by atoms with Crippen molar-refractivity contribution in [2.24, 2.45) is 7.05 Å². The Balaban J connectivity index is 1.93. The third-order valence-corrected chi connectivity index (χ3v) is 3.53. The number of hydrogen-bond donors (Lipinski definition) is 0. The van der Waals surface area contributed by atoms with E-state index >= 15 is 0 Å². The normalized spacial score (nSPS) is 18.1. The Bertz CT molecular complexity index is 481. The SMILES string of the molecule is CCC(C#N)N1CCN(C(=O)c2cnn(C)c2)CC1. The largest absolute Gasteiger partial charge is 0.336 e. The Hall–Kier alpha value is -1.87. The number of carbonyl (C=O) groups is 1. The van der Waals surface area contributed by atoms with Crippen molar-refractivity contribution in [2.45, 2.75) is 19.4 Å². The van der Waals surface area contributed by atoms with Gasteiger partial charge in [-0.05, 0) is 6.42 Å². The molecule has 1 aromatic rings. The molecule has 0 N–H and O–H groups in total. The molecule has 19 heavy (non-hydrogen) atoms. The predicted octanol–water partition coefficient (Wildman–Crippen LogP) is 0.480. The van der Waals surface area contributed by atoms with Crippen LogP contribution in [0.3, 0.4) is 0 Å². The molecule has 1 fully saturated rings. The van der Waals surface area contributed by atoms with E-state index in [1.165, 1.54) is 0 Å². The van der Waals surface area contributed by atoms with Crippen LogP contribution in [-0.2, 0) is 7.05 Å². The number of aromatic nitrogens is 2. The summed E-state index contributed by atoms with van der Waals surface area (Å²) >= 11 is 0. The first-order chi connectivity index (χ1) is 9.15. The molecule has 2 heterocycles. The lowest BCUT2D eigenvalue weighted by molar-refractivity contribution is 0.0604. The standard InChI is InChI=1S/C13H19N5O/c1-3-12(8-14)17-4-6-18(7-5-17)13(19)11-9-15-16(2)10-11/h9-10,12H,3-7H2,1-2H3. The predicted molar refractivity (Wildman–Crippen MR) is 70.4 cm³/mol. The highest BCUT2D eigenvalue weighted by Crippen LogP contribution is 2.11. The Labute approximate surface area is 113 Å². The fourth-order valence-electron chi connectivity index (χ4n) is 2.38. The van der Waals surface area contributed by atoms with Crippen molar-refractivity contribution < 1.29 is 4.79 Å². The fourth-order valence-corrected chi connectivity index (χ4v) is 2.38. The second-order valence-electron chi connectivity index (χ2n) is 4.78. The highest BCUT2D eigenvalue weighted by Gasteiger charge is 2.26. The van der Waals surface area contributed by atoms with Gasteiger partial charge in [-0.25, -0.2) is 0 Å². The van der Waals surface area contributed by atoms with Crippen LogP contribution in [-0.4, -0.2) is 57.7 Å². The van der Waals surface area contributed by atoms with Gasteiger partial charge in [0.05, 0.1) is 23.9 Å². The number of nitrogens with zero attached hydrogens (tertiary/aromatic N) is 5. The quantitative estimate of drug-likeness (QED) is 0.794. The fraction of sp³-hybridized carbons (Fsp3) is 0.615. The average molecular weight is 261 g/mol. The van der Waals surface area contributed by atoms with Crippen LogP contribution in [0.1, 0.15) is 23.7 Å². The van der Waals surface area contributed by atoms with Gasteiger partial charge >= 0.3 is 0 Å². The summed E-state index contributed by atoms with van der Waals surface area (Å²) in [4.78, 5) is 16.2.